The monoisotopic (exact) mass is 276 g/mol. The van der Waals surface area contributed by atoms with Gasteiger partial charge in [0.15, 0.2) is 0 Å². The van der Waals surface area contributed by atoms with Crippen LogP contribution in [0.25, 0.3) is 10.9 Å². The van der Waals surface area contributed by atoms with Crippen LogP contribution in [-0.4, -0.2) is 16.5 Å². The van der Waals surface area contributed by atoms with Crippen LogP contribution in [-0.2, 0) is 13.0 Å². The van der Waals surface area contributed by atoms with E-state index in [0.29, 0.717) is 0 Å². The highest BCUT2D eigenvalue weighted by molar-refractivity contribution is 5.89. The molecule has 2 heterocycles. The summed E-state index contributed by atoms with van der Waals surface area (Å²) in [6.07, 6.45) is 2.64. The third-order valence-electron chi connectivity index (χ3n) is 4.13. The summed E-state index contributed by atoms with van der Waals surface area (Å²) in [6, 6.07) is 14.3. The smallest absolute Gasteiger partial charge is 0.140 e. The molecule has 0 unspecified atom stereocenters. The Morgan fingerprint density at radius 2 is 1.90 bits per heavy atom. The molecule has 4 rings (SSSR count). The Morgan fingerprint density at radius 1 is 1.00 bits per heavy atom. The highest BCUT2D eigenvalue weighted by Gasteiger charge is 2.20. The molecule has 0 spiro atoms. The van der Waals surface area contributed by atoms with Crippen LogP contribution in [0.2, 0.25) is 0 Å². The van der Waals surface area contributed by atoms with E-state index in [1.54, 1.807) is 6.33 Å². The van der Waals surface area contributed by atoms with E-state index >= 15 is 0 Å². The molecule has 2 aromatic carbocycles. The lowest BCUT2D eigenvalue weighted by Gasteiger charge is -2.31. The first kappa shape index (κ1) is 12.1. The number of hydrogen-bond acceptors (Lipinski definition) is 4. The summed E-state index contributed by atoms with van der Waals surface area (Å²) in [5, 5.41) is 1.10. The van der Waals surface area contributed by atoms with Gasteiger partial charge in [0.1, 0.15) is 12.1 Å². The molecule has 0 amide bonds. The largest absolute Gasteiger partial charge is 0.398 e. The lowest BCUT2D eigenvalue weighted by atomic mass is 9.98. The molecule has 2 N–H and O–H groups in total. The molecule has 0 fully saturated rings. The van der Waals surface area contributed by atoms with Crippen molar-refractivity contribution in [2.75, 3.05) is 17.2 Å². The van der Waals surface area contributed by atoms with Crippen molar-refractivity contribution in [3.05, 3.63) is 59.9 Å². The Kier molecular flexibility index (Phi) is 2.74. The zero-order valence-electron chi connectivity index (χ0n) is 11.7. The Hall–Kier alpha value is -2.62. The van der Waals surface area contributed by atoms with Gasteiger partial charge in [-0.05, 0) is 35.7 Å². The van der Waals surface area contributed by atoms with Crippen LogP contribution in [0.3, 0.4) is 0 Å². The van der Waals surface area contributed by atoms with Crippen molar-refractivity contribution in [3.63, 3.8) is 0 Å². The number of benzene rings is 2. The molecular weight excluding hydrogens is 260 g/mol. The summed E-state index contributed by atoms with van der Waals surface area (Å²) < 4.78 is 0. The maximum Gasteiger partial charge on any atom is 0.140 e. The van der Waals surface area contributed by atoms with Gasteiger partial charge in [-0.2, -0.15) is 0 Å². The Morgan fingerprint density at radius 3 is 2.86 bits per heavy atom. The summed E-state index contributed by atoms with van der Waals surface area (Å²) in [6.45, 7) is 1.76. The predicted octanol–water partition coefficient (Wildman–Crippen LogP) is 2.77. The van der Waals surface area contributed by atoms with E-state index in [0.717, 1.165) is 41.9 Å². The number of anilines is 2. The summed E-state index contributed by atoms with van der Waals surface area (Å²) in [5.41, 5.74) is 10.6. The van der Waals surface area contributed by atoms with Crippen molar-refractivity contribution in [2.24, 2.45) is 0 Å². The highest BCUT2D eigenvalue weighted by atomic mass is 15.2. The molecule has 1 aliphatic heterocycles. The molecule has 0 saturated carbocycles. The maximum atomic E-state index is 6.13. The second-order valence-electron chi connectivity index (χ2n) is 5.37. The minimum absolute atomic E-state index is 0.809. The lowest BCUT2D eigenvalue weighted by Crippen LogP contribution is -2.31. The second-order valence-corrected chi connectivity index (χ2v) is 5.37. The van der Waals surface area contributed by atoms with Gasteiger partial charge in [-0.25, -0.2) is 9.97 Å². The summed E-state index contributed by atoms with van der Waals surface area (Å²) in [5.74, 6) is 0.995. The number of nitrogens with zero attached hydrogens (tertiary/aromatic N) is 3. The van der Waals surface area contributed by atoms with Gasteiger partial charge in [-0.3, -0.25) is 0 Å². The van der Waals surface area contributed by atoms with Crippen molar-refractivity contribution >= 4 is 22.4 Å². The summed E-state index contributed by atoms with van der Waals surface area (Å²) >= 11 is 0. The molecule has 21 heavy (non-hydrogen) atoms. The van der Waals surface area contributed by atoms with Gasteiger partial charge in [-0.1, -0.05) is 24.3 Å². The molecule has 4 heteroatoms. The van der Waals surface area contributed by atoms with Gasteiger partial charge in [0.05, 0.1) is 5.52 Å². The van der Waals surface area contributed by atoms with E-state index in [2.05, 4.69) is 27.0 Å². The van der Waals surface area contributed by atoms with Crippen molar-refractivity contribution in [1.82, 2.24) is 9.97 Å². The van der Waals surface area contributed by atoms with Crippen LogP contribution >= 0.6 is 0 Å². The maximum absolute atomic E-state index is 6.13. The molecule has 0 bridgehead atoms. The van der Waals surface area contributed by atoms with Gasteiger partial charge in [0, 0.05) is 24.2 Å². The van der Waals surface area contributed by atoms with Crippen LogP contribution < -0.4 is 10.6 Å². The lowest BCUT2D eigenvalue weighted by molar-refractivity contribution is 0.725. The van der Waals surface area contributed by atoms with E-state index in [4.69, 9.17) is 5.73 Å². The second kappa shape index (κ2) is 4.74. The van der Waals surface area contributed by atoms with Gasteiger partial charge < -0.3 is 10.6 Å². The predicted molar refractivity (Wildman–Crippen MR) is 85.1 cm³/mol. The van der Waals surface area contributed by atoms with Crippen LogP contribution in [0.1, 0.15) is 11.1 Å². The van der Waals surface area contributed by atoms with Gasteiger partial charge in [-0.15, -0.1) is 0 Å². The number of aromatic nitrogens is 2. The van der Waals surface area contributed by atoms with E-state index in [-0.39, 0.29) is 0 Å². The van der Waals surface area contributed by atoms with Crippen LogP contribution in [0.5, 0.6) is 0 Å². The zero-order chi connectivity index (χ0) is 14.2. The number of nitrogen functional groups attached to an aromatic ring is 1. The van der Waals surface area contributed by atoms with Crippen molar-refractivity contribution in [2.45, 2.75) is 13.0 Å². The van der Waals surface area contributed by atoms with E-state index in [1.807, 2.05) is 30.3 Å². The number of hydrogen-bond donors (Lipinski definition) is 1. The van der Waals surface area contributed by atoms with Gasteiger partial charge >= 0.3 is 0 Å². The fraction of sp³-hybridized carbons (Fsp3) is 0.176. The summed E-state index contributed by atoms with van der Waals surface area (Å²) in [4.78, 5) is 11.1. The average molecular weight is 276 g/mol. The number of rotatable bonds is 1. The standard InChI is InChI=1S/C17H16N4/c18-15-6-3-4-12-8-9-21(10-14(12)15)17-13-5-1-2-7-16(13)19-11-20-17/h1-7,11H,8-10,18H2. The molecule has 4 nitrogen and oxygen atoms in total. The third-order valence-corrected chi connectivity index (χ3v) is 4.13. The zero-order valence-corrected chi connectivity index (χ0v) is 11.7. The fourth-order valence-electron chi connectivity index (χ4n) is 3.03. The first-order chi connectivity index (χ1) is 10.3. The Labute approximate surface area is 123 Å². The normalized spacial score (nSPS) is 14.2. The summed E-state index contributed by atoms with van der Waals surface area (Å²) in [7, 11) is 0. The van der Waals surface area contributed by atoms with Crippen LogP contribution in [0, 0.1) is 0 Å². The number of fused-ring (bicyclic) bond motifs is 2. The van der Waals surface area contributed by atoms with Gasteiger partial charge in [0.2, 0.25) is 0 Å². The first-order valence-electron chi connectivity index (χ1n) is 7.14. The Bertz CT molecular complexity index is 807. The third kappa shape index (κ3) is 2.00. The molecule has 0 saturated heterocycles. The quantitative estimate of drug-likeness (QED) is 0.694. The molecular formula is C17H16N4. The Balaban J connectivity index is 1.79. The molecule has 0 radical (unpaired) electrons. The minimum Gasteiger partial charge on any atom is -0.398 e. The molecule has 0 atom stereocenters. The fourth-order valence-corrected chi connectivity index (χ4v) is 3.03. The topological polar surface area (TPSA) is 55.0 Å². The first-order valence-corrected chi connectivity index (χ1v) is 7.14. The van der Waals surface area contributed by atoms with Crippen molar-refractivity contribution < 1.29 is 0 Å². The number of para-hydroxylation sites is 1. The molecule has 104 valence electrons. The van der Waals surface area contributed by atoms with Crippen molar-refractivity contribution in [1.29, 1.82) is 0 Å². The van der Waals surface area contributed by atoms with Gasteiger partial charge in [0.25, 0.3) is 0 Å². The van der Waals surface area contributed by atoms with E-state index in [9.17, 15) is 0 Å². The van der Waals surface area contributed by atoms with Crippen LogP contribution in [0.4, 0.5) is 11.5 Å². The SMILES string of the molecule is Nc1cccc2c1CN(c1ncnc3ccccc13)CC2. The molecule has 1 aromatic heterocycles. The van der Waals surface area contributed by atoms with Crippen molar-refractivity contribution in [3.8, 4) is 0 Å². The number of nitrogens with two attached hydrogens (primary N) is 1. The molecule has 1 aliphatic rings. The molecule has 3 aromatic rings. The highest BCUT2D eigenvalue weighted by Crippen LogP contribution is 2.30. The van der Waals surface area contributed by atoms with E-state index < -0.39 is 0 Å². The average Bonchev–Trinajstić information content (AvgIpc) is 2.54. The minimum atomic E-state index is 0.809. The van der Waals surface area contributed by atoms with E-state index in [1.165, 1.54) is 11.1 Å². The van der Waals surface area contributed by atoms with Crippen LogP contribution in [0.15, 0.2) is 48.8 Å². The molecule has 0 aliphatic carbocycles.